The molecule has 1 saturated heterocycles. The van der Waals surface area contributed by atoms with Gasteiger partial charge in [0, 0.05) is 13.1 Å². The Labute approximate surface area is 106 Å². The van der Waals surface area contributed by atoms with Crippen molar-refractivity contribution in [3.63, 3.8) is 0 Å². The summed E-state index contributed by atoms with van der Waals surface area (Å²) in [6, 6.07) is 3.97. The fourth-order valence-corrected chi connectivity index (χ4v) is 2.21. The molecule has 0 saturated carbocycles. The summed E-state index contributed by atoms with van der Waals surface area (Å²) >= 11 is 0. The van der Waals surface area contributed by atoms with E-state index in [4.69, 9.17) is 14.3 Å². The van der Waals surface area contributed by atoms with Crippen LogP contribution in [0.15, 0.2) is 16.5 Å². The molecular weight excluding hydrogens is 234 g/mol. The van der Waals surface area contributed by atoms with Crippen LogP contribution in [0.2, 0.25) is 0 Å². The number of piperidine rings is 1. The molecular formula is C13H19NO4. The molecule has 18 heavy (non-hydrogen) atoms. The van der Waals surface area contributed by atoms with Crippen molar-refractivity contribution in [2.45, 2.75) is 32.4 Å². The van der Waals surface area contributed by atoms with Crippen LogP contribution in [0.4, 0.5) is 0 Å². The molecule has 1 aromatic rings. The van der Waals surface area contributed by atoms with Gasteiger partial charge in [-0.2, -0.15) is 0 Å². The molecule has 1 aliphatic rings. The Kier molecular flexibility index (Phi) is 4.38. The molecule has 2 rings (SSSR count). The van der Waals surface area contributed by atoms with Gasteiger partial charge in [0.25, 0.3) is 0 Å². The molecule has 0 spiro atoms. The standard InChI is InChI=1S/C13H19NO4/c1-10-2-3-12(18-10)8-14-6-4-11(5-7-14)17-9-13(15)16/h2-3,11H,4-9H2,1H3,(H,15,16). The predicted octanol–water partition coefficient (Wildman–Crippen LogP) is 1.65. The number of rotatable bonds is 5. The van der Waals surface area contributed by atoms with Gasteiger partial charge in [-0.25, -0.2) is 4.79 Å². The highest BCUT2D eigenvalue weighted by atomic mass is 16.5. The van der Waals surface area contributed by atoms with E-state index in [1.54, 1.807) is 0 Å². The van der Waals surface area contributed by atoms with Gasteiger partial charge in [0.1, 0.15) is 18.1 Å². The van der Waals surface area contributed by atoms with Crippen molar-refractivity contribution in [2.75, 3.05) is 19.7 Å². The lowest BCUT2D eigenvalue weighted by Gasteiger charge is -2.30. The number of hydrogen-bond donors (Lipinski definition) is 1. The van der Waals surface area contributed by atoms with Crippen molar-refractivity contribution in [1.82, 2.24) is 4.90 Å². The number of carbonyl (C=O) groups is 1. The van der Waals surface area contributed by atoms with Crippen molar-refractivity contribution >= 4 is 5.97 Å². The number of likely N-dealkylation sites (tertiary alicyclic amines) is 1. The van der Waals surface area contributed by atoms with Crippen LogP contribution < -0.4 is 0 Å². The summed E-state index contributed by atoms with van der Waals surface area (Å²) in [6.07, 6.45) is 1.84. The zero-order chi connectivity index (χ0) is 13.0. The van der Waals surface area contributed by atoms with Crippen LogP contribution in [0, 0.1) is 6.92 Å². The third-order valence-electron chi connectivity index (χ3n) is 3.15. The molecule has 1 N–H and O–H groups in total. The van der Waals surface area contributed by atoms with Crippen molar-refractivity contribution < 1.29 is 19.1 Å². The molecule has 1 aromatic heterocycles. The van der Waals surface area contributed by atoms with Gasteiger partial charge in [0.2, 0.25) is 0 Å². The number of nitrogens with zero attached hydrogens (tertiary/aromatic N) is 1. The Hall–Kier alpha value is -1.33. The minimum atomic E-state index is -0.900. The highest BCUT2D eigenvalue weighted by Gasteiger charge is 2.21. The summed E-state index contributed by atoms with van der Waals surface area (Å²) in [4.78, 5) is 12.7. The summed E-state index contributed by atoms with van der Waals surface area (Å²) in [5.41, 5.74) is 0. The first-order chi connectivity index (χ1) is 8.63. The molecule has 0 atom stereocenters. The van der Waals surface area contributed by atoms with Crippen molar-refractivity contribution in [1.29, 1.82) is 0 Å². The maximum atomic E-state index is 10.4. The molecule has 5 nitrogen and oxygen atoms in total. The van der Waals surface area contributed by atoms with Gasteiger partial charge >= 0.3 is 5.97 Å². The molecule has 0 aliphatic carbocycles. The summed E-state index contributed by atoms with van der Waals surface area (Å²) in [7, 11) is 0. The van der Waals surface area contributed by atoms with Gasteiger partial charge in [-0.05, 0) is 31.9 Å². The van der Waals surface area contributed by atoms with Crippen LogP contribution in [0.1, 0.15) is 24.4 Å². The Morgan fingerprint density at radius 2 is 2.22 bits per heavy atom. The summed E-state index contributed by atoms with van der Waals surface area (Å²) in [5.74, 6) is 1.02. The van der Waals surface area contributed by atoms with Gasteiger partial charge in [-0.15, -0.1) is 0 Å². The molecule has 1 aliphatic heterocycles. The third kappa shape index (κ3) is 3.85. The third-order valence-corrected chi connectivity index (χ3v) is 3.15. The van der Waals surface area contributed by atoms with Crippen LogP contribution in [-0.2, 0) is 16.1 Å². The first-order valence-corrected chi connectivity index (χ1v) is 6.24. The lowest BCUT2D eigenvalue weighted by molar-refractivity contribution is -0.145. The predicted molar refractivity (Wildman–Crippen MR) is 65.3 cm³/mol. The summed E-state index contributed by atoms with van der Waals surface area (Å²) < 4.78 is 10.8. The first-order valence-electron chi connectivity index (χ1n) is 6.24. The lowest BCUT2D eigenvalue weighted by Crippen LogP contribution is -2.37. The second-order valence-corrected chi connectivity index (χ2v) is 4.69. The average molecular weight is 253 g/mol. The van der Waals surface area contributed by atoms with Crippen LogP contribution >= 0.6 is 0 Å². The van der Waals surface area contributed by atoms with Crippen molar-refractivity contribution in [3.8, 4) is 0 Å². The number of aliphatic carboxylic acids is 1. The molecule has 0 bridgehead atoms. The van der Waals surface area contributed by atoms with Crippen molar-refractivity contribution in [2.24, 2.45) is 0 Å². The van der Waals surface area contributed by atoms with Crippen LogP contribution in [0.3, 0.4) is 0 Å². The van der Waals surface area contributed by atoms with E-state index in [-0.39, 0.29) is 12.7 Å². The number of carboxylic acid groups (broad SMARTS) is 1. The van der Waals surface area contributed by atoms with Crippen LogP contribution in [-0.4, -0.2) is 41.8 Å². The highest BCUT2D eigenvalue weighted by Crippen LogP contribution is 2.17. The maximum Gasteiger partial charge on any atom is 0.329 e. The van der Waals surface area contributed by atoms with Crippen LogP contribution in [0.25, 0.3) is 0 Å². The van der Waals surface area contributed by atoms with E-state index in [2.05, 4.69) is 4.90 Å². The number of furan rings is 1. The van der Waals surface area contributed by atoms with Crippen molar-refractivity contribution in [3.05, 3.63) is 23.7 Å². The van der Waals surface area contributed by atoms with Gasteiger partial charge < -0.3 is 14.3 Å². The van der Waals surface area contributed by atoms with E-state index in [0.29, 0.717) is 0 Å². The van der Waals surface area contributed by atoms with E-state index in [1.165, 1.54) is 0 Å². The molecule has 0 radical (unpaired) electrons. The Balaban J connectivity index is 1.71. The molecule has 1 fully saturated rings. The average Bonchev–Trinajstić information content (AvgIpc) is 2.74. The fourth-order valence-electron chi connectivity index (χ4n) is 2.21. The molecule has 100 valence electrons. The number of aryl methyl sites for hydroxylation is 1. The highest BCUT2D eigenvalue weighted by molar-refractivity contribution is 5.68. The van der Waals surface area contributed by atoms with Gasteiger partial charge in [-0.3, -0.25) is 4.90 Å². The molecule has 0 unspecified atom stereocenters. The Bertz CT molecular complexity index is 393. The zero-order valence-electron chi connectivity index (χ0n) is 10.6. The molecule has 5 heteroatoms. The second-order valence-electron chi connectivity index (χ2n) is 4.69. The minimum Gasteiger partial charge on any atom is -0.480 e. The Morgan fingerprint density at radius 3 is 2.78 bits per heavy atom. The SMILES string of the molecule is Cc1ccc(CN2CCC(OCC(=O)O)CC2)o1. The normalized spacial score (nSPS) is 18.1. The van der Waals surface area contributed by atoms with E-state index in [0.717, 1.165) is 44.0 Å². The monoisotopic (exact) mass is 253 g/mol. The molecule has 0 amide bonds. The quantitative estimate of drug-likeness (QED) is 0.864. The lowest BCUT2D eigenvalue weighted by atomic mass is 10.1. The Morgan fingerprint density at radius 1 is 1.50 bits per heavy atom. The smallest absolute Gasteiger partial charge is 0.329 e. The van der Waals surface area contributed by atoms with E-state index in [9.17, 15) is 4.79 Å². The molecule has 0 aromatic carbocycles. The summed E-state index contributed by atoms with van der Waals surface area (Å²) in [6.45, 7) is 4.41. The fraction of sp³-hybridized carbons (Fsp3) is 0.615. The first kappa shape index (κ1) is 13.1. The molecule has 2 heterocycles. The van der Waals surface area contributed by atoms with Gasteiger partial charge in [0.05, 0.1) is 12.6 Å². The number of carboxylic acids is 1. The number of ether oxygens (including phenoxy) is 1. The minimum absolute atomic E-state index is 0.0793. The summed E-state index contributed by atoms with van der Waals surface area (Å²) in [5, 5.41) is 8.55. The van der Waals surface area contributed by atoms with E-state index < -0.39 is 5.97 Å². The zero-order valence-corrected chi connectivity index (χ0v) is 10.6. The second kappa shape index (κ2) is 6.02. The van der Waals surface area contributed by atoms with E-state index >= 15 is 0 Å². The van der Waals surface area contributed by atoms with Gasteiger partial charge in [0.15, 0.2) is 0 Å². The van der Waals surface area contributed by atoms with Gasteiger partial charge in [-0.1, -0.05) is 0 Å². The maximum absolute atomic E-state index is 10.4. The largest absolute Gasteiger partial charge is 0.480 e. The number of hydrogen-bond acceptors (Lipinski definition) is 4. The van der Waals surface area contributed by atoms with E-state index in [1.807, 2.05) is 19.1 Å². The topological polar surface area (TPSA) is 62.9 Å². The van der Waals surface area contributed by atoms with Crippen LogP contribution in [0.5, 0.6) is 0 Å².